The fraction of sp³-hybridized carbons (Fsp3) is 0.571. The van der Waals surface area contributed by atoms with E-state index in [-0.39, 0.29) is 19.4 Å². The Morgan fingerprint density at radius 1 is 1.14 bits per heavy atom. The quantitative estimate of drug-likeness (QED) is 0.334. The summed E-state index contributed by atoms with van der Waals surface area (Å²) in [5, 5.41) is 9.66. The third kappa shape index (κ3) is 7.38. The lowest BCUT2D eigenvalue weighted by atomic mass is 9.85. The fourth-order valence-electron chi connectivity index (χ4n) is 6.82. The molecule has 0 spiro atoms. The van der Waals surface area contributed by atoms with Crippen molar-refractivity contribution in [2.24, 2.45) is 11.3 Å². The van der Waals surface area contributed by atoms with Crippen LogP contribution in [0, 0.1) is 11.3 Å². The van der Waals surface area contributed by atoms with Gasteiger partial charge < -0.3 is 25.6 Å². The molecule has 2 aromatic rings. The van der Waals surface area contributed by atoms with E-state index in [1.165, 1.54) is 11.0 Å². The van der Waals surface area contributed by atoms with E-state index in [0.29, 0.717) is 25.3 Å². The summed E-state index contributed by atoms with van der Waals surface area (Å²) in [6.07, 6.45) is 7.17. The van der Waals surface area contributed by atoms with Crippen molar-refractivity contribution in [2.75, 3.05) is 13.1 Å². The molecule has 6 rings (SSSR count). The number of rotatable bonds is 6. The van der Waals surface area contributed by atoms with Gasteiger partial charge in [0.2, 0.25) is 27.7 Å². The number of aryl methyl sites for hydroxylation is 1. The van der Waals surface area contributed by atoms with Gasteiger partial charge >= 0.3 is 6.03 Å². The van der Waals surface area contributed by atoms with Crippen molar-refractivity contribution >= 4 is 44.5 Å². The van der Waals surface area contributed by atoms with Crippen molar-refractivity contribution in [1.82, 2.24) is 30.6 Å². The highest BCUT2D eigenvalue weighted by atomic mass is 32.2. The number of carbonyl (C=O) groups is 4. The largest absolute Gasteiger partial charge is 0.472 e. The van der Waals surface area contributed by atoms with Gasteiger partial charge in [-0.15, -0.1) is 6.58 Å². The number of fused-ring (bicyclic) bond motifs is 3. The molecule has 2 aliphatic heterocycles. The van der Waals surface area contributed by atoms with Gasteiger partial charge in [0.25, 0.3) is 5.91 Å². The highest BCUT2D eigenvalue weighted by molar-refractivity contribution is 7.91. The van der Waals surface area contributed by atoms with Crippen LogP contribution in [0.5, 0.6) is 5.88 Å². The van der Waals surface area contributed by atoms with E-state index < -0.39 is 74.1 Å². The first-order chi connectivity index (χ1) is 23.2. The second-order valence-corrected chi connectivity index (χ2v) is 16.8. The Kier molecular flexibility index (Phi) is 9.38. The van der Waals surface area contributed by atoms with Crippen LogP contribution in [-0.4, -0.2) is 84.1 Å². The van der Waals surface area contributed by atoms with E-state index in [1.54, 1.807) is 6.20 Å². The van der Waals surface area contributed by atoms with Gasteiger partial charge in [-0.05, 0) is 67.0 Å². The van der Waals surface area contributed by atoms with Crippen molar-refractivity contribution in [3.8, 4) is 5.88 Å². The number of benzene rings is 1. The van der Waals surface area contributed by atoms with Gasteiger partial charge in [0, 0.05) is 30.5 Å². The predicted molar refractivity (Wildman–Crippen MR) is 183 cm³/mol. The molecule has 1 aromatic carbocycles. The van der Waals surface area contributed by atoms with Crippen LogP contribution in [0.25, 0.3) is 10.8 Å². The first-order valence-corrected chi connectivity index (χ1v) is 18.7. The smallest absolute Gasteiger partial charge is 0.315 e. The second-order valence-electron chi connectivity index (χ2n) is 14.8. The Labute approximate surface area is 287 Å². The minimum atomic E-state index is -3.87. The summed E-state index contributed by atoms with van der Waals surface area (Å²) in [5.74, 6) is -2.03. The molecule has 3 heterocycles. The number of nitrogens with zero attached hydrogens (tertiary/aromatic N) is 2. The minimum Gasteiger partial charge on any atom is -0.472 e. The molecule has 1 aromatic heterocycles. The lowest BCUT2D eigenvalue weighted by Crippen LogP contribution is -2.61. The Morgan fingerprint density at radius 2 is 1.92 bits per heavy atom. The van der Waals surface area contributed by atoms with Crippen molar-refractivity contribution in [3.63, 3.8) is 0 Å². The Balaban J connectivity index is 1.32. The molecule has 4 aliphatic rings. The minimum absolute atomic E-state index is 0.0186. The van der Waals surface area contributed by atoms with E-state index in [1.807, 2.05) is 32.9 Å². The average Bonchev–Trinajstić information content (AvgIpc) is 3.97. The highest BCUT2D eigenvalue weighted by Crippen LogP contribution is 2.45. The lowest BCUT2D eigenvalue weighted by Gasteiger charge is -2.35. The number of nitrogens with one attached hydrogen (secondary N) is 4. The summed E-state index contributed by atoms with van der Waals surface area (Å²) in [5.41, 5.74) is -1.12. The zero-order valence-electron chi connectivity index (χ0n) is 28.3. The maximum atomic E-state index is 14.4. The molecule has 4 bridgehead atoms. The van der Waals surface area contributed by atoms with Gasteiger partial charge in [-0.3, -0.25) is 19.1 Å². The molecule has 1 saturated heterocycles. The number of aromatic nitrogens is 1. The molecule has 264 valence electrons. The van der Waals surface area contributed by atoms with Crippen molar-refractivity contribution in [2.45, 2.75) is 101 Å². The number of hydrogen-bond donors (Lipinski definition) is 4. The van der Waals surface area contributed by atoms with Crippen LogP contribution >= 0.6 is 0 Å². The molecular weight excluding hydrogens is 648 g/mol. The molecule has 2 aliphatic carbocycles. The monoisotopic (exact) mass is 694 g/mol. The first kappa shape index (κ1) is 34.7. The average molecular weight is 695 g/mol. The van der Waals surface area contributed by atoms with Crippen LogP contribution in [0.4, 0.5) is 4.79 Å². The fourth-order valence-corrected chi connectivity index (χ4v) is 8.18. The van der Waals surface area contributed by atoms with Crippen LogP contribution < -0.4 is 25.4 Å². The number of ether oxygens (including phenoxy) is 1. The van der Waals surface area contributed by atoms with E-state index in [0.717, 1.165) is 42.0 Å². The molecule has 0 radical (unpaired) electrons. The number of urea groups is 1. The predicted octanol–water partition coefficient (Wildman–Crippen LogP) is 2.69. The van der Waals surface area contributed by atoms with Gasteiger partial charge in [0.05, 0.1) is 11.8 Å². The molecule has 13 nitrogen and oxygen atoms in total. The highest BCUT2D eigenvalue weighted by Gasteiger charge is 2.62. The van der Waals surface area contributed by atoms with Gasteiger partial charge in [-0.1, -0.05) is 45.4 Å². The van der Waals surface area contributed by atoms with Crippen LogP contribution in [0.15, 0.2) is 43.1 Å². The van der Waals surface area contributed by atoms with E-state index in [2.05, 4.69) is 44.4 Å². The molecule has 2 saturated carbocycles. The second kappa shape index (κ2) is 13.3. The third-order valence-corrected chi connectivity index (χ3v) is 11.8. The van der Waals surface area contributed by atoms with E-state index in [4.69, 9.17) is 4.74 Å². The summed E-state index contributed by atoms with van der Waals surface area (Å²) in [7, 11) is -3.87. The molecular formula is C35H46N6O7S. The standard InChI is InChI=1S/C35H46N6O7S/c1-5-23-19-35(23,32(44)40-49(46,47)25-12-13-25)39-29(42)27-18-24-20-41(27)31(43)28(34(2,3)4)38-33(45)37-15-8-6-7-9-21-10-11-22-14-16-36-30(48-24)26(22)17-21/h5,10-11,14,16-17,23-25,27-28H,1,6-9,12-13,15,18-20H2,2-4H3,(H,39,42)(H,40,44)(H2,37,38,45)/t23-,24-,27+,28-,35?/m1/s1. The Morgan fingerprint density at radius 3 is 2.61 bits per heavy atom. The van der Waals surface area contributed by atoms with Crippen molar-refractivity contribution < 1.29 is 32.3 Å². The topological polar surface area (TPSA) is 176 Å². The van der Waals surface area contributed by atoms with Crippen LogP contribution in [-0.2, 0) is 30.8 Å². The zero-order chi connectivity index (χ0) is 35.1. The summed E-state index contributed by atoms with van der Waals surface area (Å²) < 4.78 is 33.9. The summed E-state index contributed by atoms with van der Waals surface area (Å²) in [6.45, 7) is 9.73. The molecule has 1 unspecified atom stereocenters. The van der Waals surface area contributed by atoms with Crippen molar-refractivity contribution in [3.05, 3.63) is 48.7 Å². The maximum absolute atomic E-state index is 14.4. The normalized spacial score (nSPS) is 28.0. The SMILES string of the molecule is C=C[C@@H]1CC1(NC(=O)[C@@H]1C[C@@H]2CN1C(=O)[C@H](C(C)(C)C)NC(=O)NCCCCCc1ccc3ccnc(c3c1)O2)C(=O)NS(=O)(=O)C1CC1. The van der Waals surface area contributed by atoms with Gasteiger partial charge in [0.15, 0.2) is 0 Å². The Hall–Kier alpha value is -4.20. The molecule has 49 heavy (non-hydrogen) atoms. The lowest BCUT2D eigenvalue weighted by molar-refractivity contribution is -0.142. The molecule has 4 N–H and O–H groups in total. The number of sulfonamides is 1. The summed E-state index contributed by atoms with van der Waals surface area (Å²) in [6, 6.07) is 5.50. The summed E-state index contributed by atoms with van der Waals surface area (Å²) >= 11 is 0. The van der Waals surface area contributed by atoms with Crippen molar-refractivity contribution in [1.29, 1.82) is 0 Å². The molecule has 5 amide bonds. The number of pyridine rings is 1. The number of amides is 5. The molecule has 14 heteroatoms. The summed E-state index contributed by atoms with van der Waals surface area (Å²) in [4.78, 5) is 61.0. The first-order valence-electron chi connectivity index (χ1n) is 17.1. The van der Waals surface area contributed by atoms with Crippen LogP contribution in [0.1, 0.15) is 71.3 Å². The van der Waals surface area contributed by atoms with E-state index in [9.17, 15) is 27.6 Å². The molecule has 3 fully saturated rings. The van der Waals surface area contributed by atoms with Crippen LogP contribution in [0.2, 0.25) is 0 Å². The third-order valence-electron chi connectivity index (χ3n) is 9.99. The van der Waals surface area contributed by atoms with Gasteiger partial charge in [-0.2, -0.15) is 0 Å². The zero-order valence-corrected chi connectivity index (χ0v) is 29.1. The van der Waals surface area contributed by atoms with Gasteiger partial charge in [0.1, 0.15) is 23.7 Å². The molecule has 5 atom stereocenters. The number of hydrogen-bond acceptors (Lipinski definition) is 8. The van der Waals surface area contributed by atoms with E-state index >= 15 is 0 Å². The Bertz CT molecular complexity index is 1770. The maximum Gasteiger partial charge on any atom is 0.315 e. The number of carbonyl (C=O) groups excluding carboxylic acids is 4. The van der Waals surface area contributed by atoms with Crippen LogP contribution in [0.3, 0.4) is 0 Å². The van der Waals surface area contributed by atoms with Gasteiger partial charge in [-0.25, -0.2) is 18.2 Å².